The normalized spacial score (nSPS) is 11.1. The van der Waals surface area contributed by atoms with Gasteiger partial charge >= 0.3 is 0 Å². The molecule has 0 saturated heterocycles. The molecule has 0 saturated carbocycles. The number of nitrogens with zero attached hydrogens (tertiary/aromatic N) is 5. The maximum atomic E-state index is 5.62. The summed E-state index contributed by atoms with van der Waals surface area (Å²) in [4.78, 5) is 6.28. The lowest BCUT2D eigenvalue weighted by Crippen LogP contribution is -2.22. The molecule has 2 aromatic heterocycles. The monoisotopic (exact) mass is 339 g/mol. The Balaban J connectivity index is 1.84. The van der Waals surface area contributed by atoms with Crippen LogP contribution in [0.15, 0.2) is 54.9 Å². The molecule has 0 aliphatic carbocycles. The van der Waals surface area contributed by atoms with Crippen LogP contribution in [0.4, 0.5) is 0 Å². The van der Waals surface area contributed by atoms with Gasteiger partial charge in [-0.15, -0.1) is 0 Å². The number of aromatic nitrogens is 4. The Morgan fingerprint density at radius 3 is 2.46 bits per heavy atom. The van der Waals surface area contributed by atoms with E-state index in [9.17, 15) is 0 Å². The van der Waals surface area contributed by atoms with Crippen molar-refractivity contribution in [1.82, 2.24) is 24.2 Å². The maximum Gasteiger partial charge on any atom is 0.199 e. The van der Waals surface area contributed by atoms with Crippen LogP contribution in [0.25, 0.3) is 11.4 Å². The second-order valence-corrected chi connectivity index (χ2v) is 6.09. The average molecular weight is 339 g/mol. The van der Waals surface area contributed by atoms with Crippen molar-refractivity contribution in [3.05, 3.63) is 65.2 Å². The summed E-state index contributed by atoms with van der Waals surface area (Å²) in [6.07, 6.45) is 3.55. The molecule has 0 amide bonds. The molecule has 24 heavy (non-hydrogen) atoms. The molecular weight excluding hydrogens is 318 g/mol. The molecule has 3 rings (SSSR count). The van der Waals surface area contributed by atoms with Crippen molar-refractivity contribution in [1.29, 1.82) is 0 Å². The molecule has 124 valence electrons. The van der Waals surface area contributed by atoms with E-state index >= 15 is 0 Å². The zero-order valence-corrected chi connectivity index (χ0v) is 14.8. The van der Waals surface area contributed by atoms with E-state index in [4.69, 9.17) is 17.3 Å². The fourth-order valence-corrected chi connectivity index (χ4v) is 3.02. The Morgan fingerprint density at radius 1 is 1.08 bits per heavy atom. The van der Waals surface area contributed by atoms with Gasteiger partial charge in [-0.05, 0) is 43.9 Å². The van der Waals surface area contributed by atoms with E-state index in [2.05, 4.69) is 52.7 Å². The molecule has 0 aliphatic heterocycles. The standard InChI is InChI=1S/C18H21N5S/c1-3-22-17(16-9-11-19-12-10-16)20-23(18(22)24)14-21(2)13-15-7-5-4-6-8-15/h4-12H,3,13-14H2,1-2H3. The summed E-state index contributed by atoms with van der Waals surface area (Å²) in [5.41, 5.74) is 2.30. The second kappa shape index (κ2) is 7.51. The molecule has 6 heteroatoms. The van der Waals surface area contributed by atoms with Gasteiger partial charge in [0, 0.05) is 31.0 Å². The van der Waals surface area contributed by atoms with E-state index < -0.39 is 0 Å². The van der Waals surface area contributed by atoms with Gasteiger partial charge in [0.2, 0.25) is 0 Å². The molecule has 0 unspecified atom stereocenters. The SMILES string of the molecule is CCn1c(-c2ccncc2)nn(CN(C)Cc2ccccc2)c1=S. The number of rotatable bonds is 6. The lowest BCUT2D eigenvalue weighted by molar-refractivity contribution is 0.244. The lowest BCUT2D eigenvalue weighted by Gasteiger charge is -2.16. The van der Waals surface area contributed by atoms with Crippen LogP contribution in [0.3, 0.4) is 0 Å². The second-order valence-electron chi connectivity index (χ2n) is 5.73. The fraction of sp³-hybridized carbons (Fsp3) is 0.278. The first kappa shape index (κ1) is 16.5. The largest absolute Gasteiger partial charge is 0.300 e. The van der Waals surface area contributed by atoms with Crippen LogP contribution in [0.5, 0.6) is 0 Å². The zero-order chi connectivity index (χ0) is 16.9. The first-order valence-electron chi connectivity index (χ1n) is 7.99. The molecule has 1 aromatic carbocycles. The Labute approximate surface area is 147 Å². The summed E-state index contributed by atoms with van der Waals surface area (Å²) < 4.78 is 4.68. The van der Waals surface area contributed by atoms with E-state index in [0.29, 0.717) is 6.67 Å². The quantitative estimate of drug-likeness (QED) is 0.644. The van der Waals surface area contributed by atoms with E-state index in [1.54, 1.807) is 12.4 Å². The smallest absolute Gasteiger partial charge is 0.199 e. The summed E-state index contributed by atoms with van der Waals surface area (Å²) in [6.45, 7) is 4.38. The number of hydrogen-bond donors (Lipinski definition) is 0. The van der Waals surface area contributed by atoms with Crippen LogP contribution in [0.2, 0.25) is 0 Å². The van der Waals surface area contributed by atoms with Crippen molar-refractivity contribution in [2.45, 2.75) is 26.7 Å². The van der Waals surface area contributed by atoms with Gasteiger partial charge in [0.25, 0.3) is 0 Å². The maximum absolute atomic E-state index is 5.62. The number of hydrogen-bond acceptors (Lipinski definition) is 4. The molecule has 0 atom stereocenters. The zero-order valence-electron chi connectivity index (χ0n) is 14.0. The molecular formula is C18H21N5S. The van der Waals surface area contributed by atoms with Crippen molar-refractivity contribution >= 4 is 12.2 Å². The highest BCUT2D eigenvalue weighted by Crippen LogP contribution is 2.17. The van der Waals surface area contributed by atoms with Gasteiger partial charge in [0.15, 0.2) is 10.6 Å². The first-order chi connectivity index (χ1) is 11.7. The van der Waals surface area contributed by atoms with Gasteiger partial charge < -0.3 is 4.57 Å². The molecule has 0 aliphatic rings. The highest BCUT2D eigenvalue weighted by molar-refractivity contribution is 7.71. The predicted molar refractivity (Wildman–Crippen MR) is 97.9 cm³/mol. The first-order valence-corrected chi connectivity index (χ1v) is 8.40. The van der Waals surface area contributed by atoms with Gasteiger partial charge in [-0.25, -0.2) is 4.68 Å². The van der Waals surface area contributed by atoms with Gasteiger partial charge in [-0.3, -0.25) is 9.88 Å². The Kier molecular flexibility index (Phi) is 5.17. The Hall–Kier alpha value is -2.31. The topological polar surface area (TPSA) is 38.9 Å². The van der Waals surface area contributed by atoms with Crippen molar-refractivity contribution < 1.29 is 0 Å². The van der Waals surface area contributed by atoms with Crippen molar-refractivity contribution in [2.24, 2.45) is 0 Å². The van der Waals surface area contributed by atoms with Crippen LogP contribution >= 0.6 is 12.2 Å². The Bertz CT molecular complexity index is 839. The summed E-state index contributed by atoms with van der Waals surface area (Å²) >= 11 is 5.62. The van der Waals surface area contributed by atoms with Crippen LogP contribution in [-0.4, -0.2) is 31.3 Å². The molecule has 2 heterocycles. The van der Waals surface area contributed by atoms with Gasteiger partial charge in [-0.1, -0.05) is 30.3 Å². The van der Waals surface area contributed by atoms with Gasteiger partial charge in [-0.2, -0.15) is 5.10 Å². The van der Waals surface area contributed by atoms with Crippen LogP contribution < -0.4 is 0 Å². The van der Waals surface area contributed by atoms with Crippen molar-refractivity contribution in [3.63, 3.8) is 0 Å². The van der Waals surface area contributed by atoms with Crippen LogP contribution in [0.1, 0.15) is 12.5 Å². The minimum Gasteiger partial charge on any atom is -0.300 e. The summed E-state index contributed by atoms with van der Waals surface area (Å²) in [7, 11) is 2.08. The van der Waals surface area contributed by atoms with Crippen LogP contribution in [0, 0.1) is 4.77 Å². The van der Waals surface area contributed by atoms with E-state index in [1.165, 1.54) is 5.56 Å². The van der Waals surface area contributed by atoms with Crippen molar-refractivity contribution in [2.75, 3.05) is 7.05 Å². The molecule has 0 spiro atoms. The molecule has 0 bridgehead atoms. The minimum atomic E-state index is 0.652. The van der Waals surface area contributed by atoms with E-state index in [1.807, 2.05) is 22.9 Å². The van der Waals surface area contributed by atoms with Gasteiger partial charge in [0.1, 0.15) is 0 Å². The highest BCUT2D eigenvalue weighted by Gasteiger charge is 2.12. The Morgan fingerprint density at radius 2 is 1.79 bits per heavy atom. The molecule has 0 radical (unpaired) electrons. The third kappa shape index (κ3) is 3.60. The number of benzene rings is 1. The minimum absolute atomic E-state index is 0.652. The summed E-state index contributed by atoms with van der Waals surface area (Å²) in [5, 5.41) is 4.74. The van der Waals surface area contributed by atoms with Gasteiger partial charge in [0.05, 0.1) is 6.67 Å². The highest BCUT2D eigenvalue weighted by atomic mass is 32.1. The molecule has 5 nitrogen and oxygen atoms in total. The van der Waals surface area contributed by atoms with E-state index in [0.717, 1.165) is 29.2 Å². The summed E-state index contributed by atoms with van der Waals surface area (Å²) in [5.74, 6) is 0.887. The summed E-state index contributed by atoms with van der Waals surface area (Å²) in [6, 6.07) is 14.3. The van der Waals surface area contributed by atoms with E-state index in [-0.39, 0.29) is 0 Å². The third-order valence-electron chi connectivity index (χ3n) is 3.85. The number of pyridine rings is 1. The molecule has 0 fully saturated rings. The lowest BCUT2D eigenvalue weighted by atomic mass is 10.2. The van der Waals surface area contributed by atoms with Crippen molar-refractivity contribution in [3.8, 4) is 11.4 Å². The predicted octanol–water partition coefficient (Wildman–Crippen LogP) is 3.59. The molecule has 3 aromatic rings. The average Bonchev–Trinajstić information content (AvgIpc) is 2.92. The fourth-order valence-electron chi connectivity index (χ4n) is 2.71. The van der Waals surface area contributed by atoms with Crippen LogP contribution in [-0.2, 0) is 19.8 Å². The molecule has 0 N–H and O–H groups in total. The third-order valence-corrected chi connectivity index (χ3v) is 4.28.